The molecule has 3 aromatic carbocycles. The van der Waals surface area contributed by atoms with Crippen LogP contribution in [-0.2, 0) is 20.6 Å². The Morgan fingerprint density at radius 1 is 0.879 bits per heavy atom. The van der Waals surface area contributed by atoms with Crippen LogP contribution in [0.15, 0.2) is 83.8 Å². The molecule has 0 unspecified atom stereocenters. The van der Waals surface area contributed by atoms with Crippen molar-refractivity contribution in [3.63, 3.8) is 0 Å². The van der Waals surface area contributed by atoms with Crippen LogP contribution in [0.3, 0.4) is 0 Å². The number of benzene rings is 3. The van der Waals surface area contributed by atoms with E-state index >= 15 is 0 Å². The third-order valence-corrected chi connectivity index (χ3v) is 8.18. The van der Waals surface area contributed by atoms with E-state index in [4.69, 9.17) is 0 Å². The number of rotatable bonds is 11. The Morgan fingerprint density at radius 3 is 2.21 bits per heavy atom. The lowest BCUT2D eigenvalue weighted by molar-refractivity contribution is -0.119. The van der Waals surface area contributed by atoms with Gasteiger partial charge in [-0.15, -0.1) is 0 Å². The number of para-hydroxylation sites is 1. The Morgan fingerprint density at radius 2 is 1.52 bits per heavy atom. The van der Waals surface area contributed by atoms with Gasteiger partial charge in [0.05, 0.1) is 10.6 Å². The van der Waals surface area contributed by atoms with Crippen LogP contribution >= 0.6 is 11.8 Å². The minimum atomic E-state index is -3.88. The molecule has 0 spiro atoms. The van der Waals surface area contributed by atoms with Crippen molar-refractivity contribution >= 4 is 33.4 Å². The number of nitrogens with one attached hydrogen (secondary N) is 1. The first-order chi connectivity index (χ1) is 15.9. The van der Waals surface area contributed by atoms with Gasteiger partial charge in [-0.1, -0.05) is 60.7 Å². The molecule has 0 saturated heterocycles. The number of sulfonamides is 1. The predicted molar refractivity (Wildman–Crippen MR) is 137 cm³/mol. The summed E-state index contributed by atoms with van der Waals surface area (Å²) in [5.41, 5.74) is 3.91. The highest BCUT2D eigenvalue weighted by molar-refractivity contribution is 7.98. The summed E-state index contributed by atoms with van der Waals surface area (Å²) in [4.78, 5) is 12.9. The SMILES string of the molecule is Cc1ccccc1CSCCCNC(=O)CN(c1ccccc1C)S(=O)(=O)c1ccccc1. The van der Waals surface area contributed by atoms with E-state index in [9.17, 15) is 13.2 Å². The number of nitrogens with zero attached hydrogens (tertiary/aromatic N) is 1. The second kappa shape index (κ2) is 11.9. The van der Waals surface area contributed by atoms with E-state index in [1.807, 2.05) is 43.0 Å². The van der Waals surface area contributed by atoms with Crippen LogP contribution in [0.2, 0.25) is 0 Å². The quantitative estimate of drug-likeness (QED) is 0.393. The van der Waals surface area contributed by atoms with Crippen LogP contribution in [0.1, 0.15) is 23.1 Å². The fourth-order valence-corrected chi connectivity index (χ4v) is 5.95. The molecule has 5 nitrogen and oxygen atoms in total. The van der Waals surface area contributed by atoms with Gasteiger partial charge in [-0.2, -0.15) is 11.8 Å². The molecular formula is C26H30N2O3S2. The summed E-state index contributed by atoms with van der Waals surface area (Å²) in [6.07, 6.45) is 0.818. The van der Waals surface area contributed by atoms with Crippen molar-refractivity contribution in [2.24, 2.45) is 0 Å². The van der Waals surface area contributed by atoms with E-state index in [2.05, 4.69) is 24.4 Å². The van der Waals surface area contributed by atoms with Crippen molar-refractivity contribution in [1.29, 1.82) is 0 Å². The smallest absolute Gasteiger partial charge is 0.264 e. The topological polar surface area (TPSA) is 66.5 Å². The molecule has 0 fully saturated rings. The van der Waals surface area contributed by atoms with Crippen molar-refractivity contribution in [2.45, 2.75) is 30.9 Å². The molecule has 0 aliphatic heterocycles. The molecule has 0 heterocycles. The average molecular weight is 483 g/mol. The summed E-state index contributed by atoms with van der Waals surface area (Å²) in [6, 6.07) is 23.7. The lowest BCUT2D eigenvalue weighted by Crippen LogP contribution is -2.41. The molecule has 1 amide bonds. The number of hydrogen-bond donors (Lipinski definition) is 1. The molecule has 3 rings (SSSR count). The number of aryl methyl sites for hydroxylation is 2. The molecule has 0 aliphatic carbocycles. The molecular weight excluding hydrogens is 452 g/mol. The van der Waals surface area contributed by atoms with E-state index in [0.29, 0.717) is 12.2 Å². The maximum atomic E-state index is 13.3. The lowest BCUT2D eigenvalue weighted by Gasteiger charge is -2.25. The highest BCUT2D eigenvalue weighted by Crippen LogP contribution is 2.26. The van der Waals surface area contributed by atoms with E-state index in [0.717, 1.165) is 23.5 Å². The number of carbonyl (C=O) groups is 1. The maximum Gasteiger partial charge on any atom is 0.264 e. The minimum Gasteiger partial charge on any atom is -0.354 e. The molecule has 0 aromatic heterocycles. The van der Waals surface area contributed by atoms with Gasteiger partial charge in [0.2, 0.25) is 5.91 Å². The first kappa shape index (κ1) is 24.9. The lowest BCUT2D eigenvalue weighted by atomic mass is 10.1. The van der Waals surface area contributed by atoms with Gasteiger partial charge >= 0.3 is 0 Å². The van der Waals surface area contributed by atoms with Gasteiger partial charge in [0, 0.05) is 12.3 Å². The summed E-state index contributed by atoms with van der Waals surface area (Å²) < 4.78 is 27.9. The summed E-state index contributed by atoms with van der Waals surface area (Å²) in [7, 11) is -3.88. The second-order valence-corrected chi connectivity index (χ2v) is 10.8. The van der Waals surface area contributed by atoms with Crippen molar-refractivity contribution in [3.05, 3.63) is 95.6 Å². The van der Waals surface area contributed by atoms with Crippen LogP contribution in [0, 0.1) is 13.8 Å². The van der Waals surface area contributed by atoms with Gasteiger partial charge in [-0.25, -0.2) is 8.42 Å². The molecule has 0 bridgehead atoms. The van der Waals surface area contributed by atoms with Crippen molar-refractivity contribution in [3.8, 4) is 0 Å². The normalized spacial score (nSPS) is 11.2. The van der Waals surface area contributed by atoms with E-state index < -0.39 is 10.0 Å². The Kier molecular flexibility index (Phi) is 8.97. The predicted octanol–water partition coefficient (Wildman–Crippen LogP) is 4.94. The Labute approximate surface area is 201 Å². The van der Waals surface area contributed by atoms with Crippen LogP contribution in [0.4, 0.5) is 5.69 Å². The standard InChI is InChI=1S/C26H30N2O3S2/c1-21-11-6-8-13-23(21)20-32-18-10-17-27-26(29)19-28(25-16-9-7-12-22(25)2)33(30,31)24-14-4-3-5-15-24/h3-9,11-16H,10,17-20H2,1-2H3,(H,27,29). The fraction of sp³-hybridized carbons (Fsp3) is 0.269. The first-order valence-electron chi connectivity index (χ1n) is 10.9. The Balaban J connectivity index is 1.58. The van der Waals surface area contributed by atoms with Crippen LogP contribution < -0.4 is 9.62 Å². The van der Waals surface area contributed by atoms with E-state index in [1.165, 1.54) is 15.4 Å². The molecule has 0 radical (unpaired) electrons. The molecule has 3 aromatic rings. The first-order valence-corrected chi connectivity index (χ1v) is 13.5. The van der Waals surface area contributed by atoms with Crippen LogP contribution in [-0.4, -0.2) is 33.2 Å². The van der Waals surface area contributed by atoms with E-state index in [1.54, 1.807) is 42.5 Å². The fourth-order valence-electron chi connectivity index (χ4n) is 3.41. The number of hydrogen-bond acceptors (Lipinski definition) is 4. The third kappa shape index (κ3) is 6.85. The van der Waals surface area contributed by atoms with Crippen molar-refractivity contribution < 1.29 is 13.2 Å². The summed E-state index contributed by atoms with van der Waals surface area (Å²) in [6.45, 7) is 4.19. The largest absolute Gasteiger partial charge is 0.354 e. The monoisotopic (exact) mass is 482 g/mol. The summed E-state index contributed by atoms with van der Waals surface area (Å²) >= 11 is 1.83. The minimum absolute atomic E-state index is 0.161. The molecule has 0 saturated carbocycles. The van der Waals surface area contributed by atoms with Crippen molar-refractivity contribution in [2.75, 3.05) is 23.1 Å². The number of thioether (sulfide) groups is 1. The van der Waals surface area contributed by atoms with E-state index in [-0.39, 0.29) is 17.3 Å². The third-order valence-electron chi connectivity index (χ3n) is 5.31. The highest BCUT2D eigenvalue weighted by atomic mass is 32.2. The zero-order valence-corrected chi connectivity index (χ0v) is 20.7. The molecule has 174 valence electrons. The average Bonchev–Trinajstić information content (AvgIpc) is 2.82. The van der Waals surface area contributed by atoms with Crippen LogP contribution in [0.25, 0.3) is 0 Å². The molecule has 1 N–H and O–H groups in total. The second-order valence-electron chi connectivity index (χ2n) is 7.79. The number of amides is 1. The van der Waals surface area contributed by atoms with Crippen LogP contribution in [0.5, 0.6) is 0 Å². The molecule has 0 aliphatic rings. The Bertz CT molecular complexity index is 1160. The van der Waals surface area contributed by atoms with Gasteiger partial charge in [0.15, 0.2) is 0 Å². The number of carbonyl (C=O) groups excluding carboxylic acids is 1. The summed E-state index contributed by atoms with van der Waals surface area (Å²) in [5.74, 6) is 1.54. The van der Waals surface area contributed by atoms with Gasteiger partial charge in [0.25, 0.3) is 10.0 Å². The van der Waals surface area contributed by atoms with Gasteiger partial charge in [0.1, 0.15) is 6.54 Å². The van der Waals surface area contributed by atoms with Gasteiger partial charge < -0.3 is 5.32 Å². The highest BCUT2D eigenvalue weighted by Gasteiger charge is 2.27. The summed E-state index contributed by atoms with van der Waals surface area (Å²) in [5, 5.41) is 2.88. The Hall–Kier alpha value is -2.77. The molecule has 33 heavy (non-hydrogen) atoms. The molecule has 0 atom stereocenters. The van der Waals surface area contributed by atoms with Crippen molar-refractivity contribution in [1.82, 2.24) is 5.32 Å². The number of anilines is 1. The molecule has 7 heteroatoms. The zero-order valence-electron chi connectivity index (χ0n) is 19.0. The zero-order chi connectivity index (χ0) is 23.7. The van der Waals surface area contributed by atoms with Gasteiger partial charge in [-0.3, -0.25) is 9.10 Å². The maximum absolute atomic E-state index is 13.3. The van der Waals surface area contributed by atoms with Gasteiger partial charge in [-0.05, 0) is 60.9 Å².